The summed E-state index contributed by atoms with van der Waals surface area (Å²) in [5.41, 5.74) is 1.92. The number of benzene rings is 2. The van der Waals surface area contributed by atoms with Crippen molar-refractivity contribution in [3.05, 3.63) is 60.4 Å². The van der Waals surface area contributed by atoms with Gasteiger partial charge in [0.1, 0.15) is 36.2 Å². The monoisotopic (exact) mass is 869 g/mol. The van der Waals surface area contributed by atoms with E-state index in [1.54, 1.807) is 0 Å². The van der Waals surface area contributed by atoms with E-state index in [0.29, 0.717) is 54.0 Å². The molecule has 0 bridgehead atoms. The first-order valence-corrected chi connectivity index (χ1v) is 17.2. The highest BCUT2D eigenvalue weighted by atomic mass is 127. The topological polar surface area (TPSA) is 146 Å². The Hall–Kier alpha value is -1.76. The first-order valence-electron chi connectivity index (χ1n) is 13.5. The lowest BCUT2D eigenvalue weighted by atomic mass is 9.98. The summed E-state index contributed by atoms with van der Waals surface area (Å²) >= 11 is 4.36. The van der Waals surface area contributed by atoms with Crippen LogP contribution in [0.3, 0.4) is 0 Å². The van der Waals surface area contributed by atoms with Crippen LogP contribution in [0.25, 0.3) is 11.0 Å². The largest absolute Gasteiger partial charge is 0.542 e. The number of phosphoric acid groups is 1. The standard InChI is InChI=1S/C26H32I2NO7P.C2HF3O2/c1-4-7-11-23-24(19-10-8-9-12-22(19)36-23)25(30)18-15-20(27)26(21(28)16-18)34-14-13-29(5-2,6-3)17-35-37(31,32)33;3-2(4,5)1(6)7/h8-10,12,15-16H,4-7,11,13-14,17H2,1-3H3,(H-,31,32,33);(H,6,7). The van der Waals surface area contributed by atoms with E-state index in [9.17, 15) is 22.5 Å². The number of halogens is 5. The van der Waals surface area contributed by atoms with Crippen molar-refractivity contribution in [3.8, 4) is 5.75 Å². The number of carbonyl (C=O) groups is 2. The third-order valence-corrected chi connectivity index (χ3v) is 8.85. The molecule has 0 spiro atoms. The number of aliphatic carboxylic acids is 1. The number of unbranched alkanes of at least 4 members (excludes halogenated alkanes) is 1. The number of ether oxygens (including phenoxy) is 1. The van der Waals surface area contributed by atoms with E-state index in [-0.39, 0.29) is 12.5 Å². The molecule has 10 nitrogen and oxygen atoms in total. The molecule has 0 aliphatic rings. The Morgan fingerprint density at radius 2 is 1.64 bits per heavy atom. The van der Waals surface area contributed by atoms with Gasteiger partial charge in [-0.25, -0.2) is 9.09 Å². The zero-order valence-corrected chi connectivity index (χ0v) is 29.4. The molecule has 0 fully saturated rings. The van der Waals surface area contributed by atoms with Gasteiger partial charge in [-0.3, -0.25) is 9.28 Å². The van der Waals surface area contributed by atoms with Crippen molar-refractivity contribution in [2.24, 2.45) is 0 Å². The number of para-hydroxylation sites is 1. The van der Waals surface area contributed by atoms with Crippen molar-refractivity contribution < 1.29 is 60.4 Å². The van der Waals surface area contributed by atoms with Crippen LogP contribution in [0, 0.1) is 7.14 Å². The highest BCUT2D eigenvalue weighted by Gasteiger charge is 2.30. The smallest absolute Gasteiger partial charge is 0.474 e. The Kier molecular flexibility index (Phi) is 14.6. The minimum Gasteiger partial charge on any atom is -0.542 e. The van der Waals surface area contributed by atoms with Crippen LogP contribution in [0.4, 0.5) is 13.2 Å². The highest BCUT2D eigenvalue weighted by molar-refractivity contribution is 14.1. The molecule has 0 aliphatic heterocycles. The number of quaternary nitrogens is 1. The lowest BCUT2D eigenvalue weighted by Crippen LogP contribution is -2.51. The summed E-state index contributed by atoms with van der Waals surface area (Å²) in [6.07, 6.45) is -2.53. The molecule has 0 unspecified atom stereocenters. The van der Waals surface area contributed by atoms with Crippen LogP contribution in [-0.2, 0) is 20.3 Å². The second-order valence-electron chi connectivity index (χ2n) is 9.68. The lowest BCUT2D eigenvalue weighted by Gasteiger charge is -2.35. The molecule has 2 N–H and O–H groups in total. The maximum Gasteiger partial charge on any atom is 0.474 e. The predicted molar refractivity (Wildman–Crippen MR) is 171 cm³/mol. The van der Waals surface area contributed by atoms with Crippen molar-refractivity contribution in [1.82, 2.24) is 0 Å². The number of rotatable bonds is 14. The molecule has 0 atom stereocenters. The second-order valence-corrected chi connectivity index (χ2v) is 13.2. The Morgan fingerprint density at radius 3 is 2.14 bits per heavy atom. The van der Waals surface area contributed by atoms with Crippen LogP contribution in [0.5, 0.6) is 5.75 Å². The molecule has 0 saturated carbocycles. The normalized spacial score (nSPS) is 12.1. The Morgan fingerprint density at radius 1 is 1.07 bits per heavy atom. The average molecular weight is 869 g/mol. The zero-order valence-electron chi connectivity index (χ0n) is 24.2. The quantitative estimate of drug-likeness (QED) is 0.0674. The molecule has 0 amide bonds. The van der Waals surface area contributed by atoms with E-state index < -0.39 is 20.0 Å². The Bertz CT molecular complexity index is 1460. The van der Waals surface area contributed by atoms with Crippen LogP contribution in [0.1, 0.15) is 55.3 Å². The molecule has 0 radical (unpaired) electrons. The van der Waals surface area contributed by atoms with E-state index in [1.807, 2.05) is 50.2 Å². The second kappa shape index (κ2) is 16.7. The summed E-state index contributed by atoms with van der Waals surface area (Å²) in [5, 5.41) is 9.61. The Labute approximate surface area is 280 Å². The van der Waals surface area contributed by atoms with Crippen molar-refractivity contribution in [3.63, 3.8) is 0 Å². The van der Waals surface area contributed by atoms with Gasteiger partial charge in [0.15, 0.2) is 12.5 Å². The number of carbonyl (C=O) groups excluding carboxylic acids is 2. The summed E-state index contributed by atoms with van der Waals surface area (Å²) in [6, 6.07) is 11.3. The number of hydrogen-bond donors (Lipinski definition) is 2. The van der Waals surface area contributed by atoms with Crippen LogP contribution < -0.4 is 9.84 Å². The first-order chi connectivity index (χ1) is 20.5. The van der Waals surface area contributed by atoms with Gasteiger partial charge in [-0.1, -0.05) is 31.5 Å². The summed E-state index contributed by atoms with van der Waals surface area (Å²) in [5.74, 6) is -1.67. The highest BCUT2D eigenvalue weighted by Crippen LogP contribution is 2.37. The first kappa shape index (κ1) is 38.4. The van der Waals surface area contributed by atoms with Crippen molar-refractivity contribution >= 4 is 75.7 Å². The molecule has 0 saturated heterocycles. The molecule has 16 heteroatoms. The van der Waals surface area contributed by atoms with Crippen LogP contribution >= 0.6 is 53.0 Å². The van der Waals surface area contributed by atoms with Gasteiger partial charge in [0.05, 0.1) is 25.8 Å². The number of ketones is 1. The third kappa shape index (κ3) is 10.9. The maximum atomic E-state index is 13.7. The number of hydrogen-bond acceptors (Lipinski definition) is 7. The van der Waals surface area contributed by atoms with Gasteiger partial charge >= 0.3 is 14.0 Å². The summed E-state index contributed by atoms with van der Waals surface area (Å²) in [6.45, 7) is 8.05. The minimum atomic E-state index is -5.19. The van der Waals surface area contributed by atoms with Gasteiger partial charge < -0.3 is 28.8 Å². The van der Waals surface area contributed by atoms with E-state index in [2.05, 4.69) is 52.1 Å². The number of likely N-dealkylation sites (N-methyl/N-ethyl adjacent to an activating group) is 1. The molecule has 1 aromatic heterocycles. The van der Waals surface area contributed by atoms with Crippen LogP contribution in [0.2, 0.25) is 0 Å². The average Bonchev–Trinajstić information content (AvgIpc) is 3.32. The SMILES string of the molecule is CCCCc1oc2ccccc2c1C(=O)c1cc(I)c(OCC[N+](CC)(CC)COP(=O)(O)O)c(I)c1.O=C([O-])C(F)(F)F. The fourth-order valence-electron chi connectivity index (χ4n) is 4.16. The van der Waals surface area contributed by atoms with Crippen molar-refractivity contribution in [2.75, 3.05) is 33.0 Å². The van der Waals surface area contributed by atoms with Crippen LogP contribution in [-0.4, -0.2) is 65.2 Å². The Balaban J connectivity index is 0.000000860. The van der Waals surface area contributed by atoms with Gasteiger partial charge in [-0.15, -0.1) is 0 Å². The predicted octanol–water partition coefficient (Wildman–Crippen LogP) is 5.82. The number of alkyl halides is 3. The molecule has 0 aliphatic carbocycles. The molecular weight excluding hydrogens is 836 g/mol. The third-order valence-electron chi connectivity index (χ3n) is 6.80. The molecule has 244 valence electrons. The van der Waals surface area contributed by atoms with Gasteiger partial charge in [-0.2, -0.15) is 13.2 Å². The number of carboxylic acids is 1. The molecule has 2 aromatic carbocycles. The van der Waals surface area contributed by atoms with E-state index >= 15 is 0 Å². The van der Waals surface area contributed by atoms with Crippen molar-refractivity contribution in [1.29, 1.82) is 0 Å². The molecule has 1 heterocycles. The molecule has 44 heavy (non-hydrogen) atoms. The summed E-state index contributed by atoms with van der Waals surface area (Å²) in [7, 11) is -4.55. The number of fused-ring (bicyclic) bond motifs is 1. The number of carboxylic acid groups (broad SMARTS) is 1. The van der Waals surface area contributed by atoms with Gasteiger partial charge in [0, 0.05) is 17.4 Å². The van der Waals surface area contributed by atoms with E-state index in [1.165, 1.54) is 0 Å². The molecule has 3 rings (SSSR count). The van der Waals surface area contributed by atoms with Gasteiger partial charge in [0.2, 0.25) is 0 Å². The summed E-state index contributed by atoms with van der Waals surface area (Å²) < 4.78 is 61.7. The fourth-order valence-corrected chi connectivity index (χ4v) is 6.63. The molecular formula is C28H33F3I2NO9P. The minimum absolute atomic E-state index is 0.0688. The summed E-state index contributed by atoms with van der Waals surface area (Å²) in [4.78, 5) is 40.7. The van der Waals surface area contributed by atoms with Crippen molar-refractivity contribution in [2.45, 2.75) is 46.2 Å². The number of aryl methyl sites for hydroxylation is 1. The van der Waals surface area contributed by atoms with E-state index in [0.717, 1.165) is 36.7 Å². The van der Waals surface area contributed by atoms with E-state index in [4.69, 9.17) is 33.4 Å². The lowest BCUT2D eigenvalue weighted by molar-refractivity contribution is -0.939. The number of phosphoric ester groups is 1. The number of furan rings is 1. The molecule has 3 aromatic rings. The van der Waals surface area contributed by atoms with Gasteiger partial charge in [-0.05, 0) is 83.6 Å². The fraction of sp³-hybridized carbons (Fsp3) is 0.429. The maximum absolute atomic E-state index is 13.7. The zero-order chi connectivity index (χ0) is 33.3. The van der Waals surface area contributed by atoms with Crippen LogP contribution in [0.15, 0.2) is 40.8 Å². The van der Waals surface area contributed by atoms with Gasteiger partial charge in [0.25, 0.3) is 0 Å². The number of nitrogens with zero attached hydrogens (tertiary/aromatic N) is 1.